The van der Waals surface area contributed by atoms with Gasteiger partial charge in [-0.2, -0.15) is 0 Å². The number of carbonyl (C=O) groups is 1. The van der Waals surface area contributed by atoms with Gasteiger partial charge in [-0.15, -0.1) is 0 Å². The fraction of sp³-hybridized carbons (Fsp3) is 0.769. The minimum atomic E-state index is -0.675. The Hall–Kier alpha value is -0.670. The Morgan fingerprint density at radius 3 is 3.00 bits per heavy atom. The van der Waals surface area contributed by atoms with Crippen molar-refractivity contribution in [1.29, 1.82) is 0 Å². The number of rotatable bonds is 7. The van der Waals surface area contributed by atoms with Gasteiger partial charge in [0.05, 0.1) is 12.7 Å². The second-order valence-electron chi connectivity index (χ2n) is 4.27. The lowest BCUT2D eigenvalue weighted by molar-refractivity contribution is -0.177. The smallest absolute Gasteiger partial charge is 0.222 e. The van der Waals surface area contributed by atoms with E-state index in [2.05, 4.69) is 6.92 Å². The van der Waals surface area contributed by atoms with Crippen LogP contribution in [0.15, 0.2) is 12.2 Å². The van der Waals surface area contributed by atoms with Gasteiger partial charge in [0.1, 0.15) is 0 Å². The average Bonchev–Trinajstić information content (AvgIpc) is 2.28. The van der Waals surface area contributed by atoms with Crippen molar-refractivity contribution in [1.82, 2.24) is 0 Å². The molecule has 0 spiro atoms. The van der Waals surface area contributed by atoms with Crippen LogP contribution in [0.4, 0.5) is 0 Å². The van der Waals surface area contributed by atoms with Crippen LogP contribution in [0, 0.1) is 0 Å². The molecule has 0 aromatic carbocycles. The molecule has 0 saturated heterocycles. The predicted octanol–water partition coefficient (Wildman–Crippen LogP) is 2.84. The maximum Gasteiger partial charge on any atom is 0.222 e. The van der Waals surface area contributed by atoms with Crippen molar-refractivity contribution < 1.29 is 14.3 Å². The van der Waals surface area contributed by atoms with Crippen LogP contribution in [-0.4, -0.2) is 24.8 Å². The molecule has 3 heteroatoms. The summed E-state index contributed by atoms with van der Waals surface area (Å²) in [5, 5.41) is 0. The van der Waals surface area contributed by atoms with Gasteiger partial charge in [0.15, 0.2) is 0 Å². The summed E-state index contributed by atoms with van der Waals surface area (Å²) in [4.78, 5) is 11.4. The summed E-state index contributed by atoms with van der Waals surface area (Å²) in [6.07, 6.45) is 8.58. The van der Waals surface area contributed by atoms with Crippen molar-refractivity contribution in [3.63, 3.8) is 0 Å². The summed E-state index contributed by atoms with van der Waals surface area (Å²) in [6.45, 7) is 4.67. The van der Waals surface area contributed by atoms with Gasteiger partial charge in [-0.3, -0.25) is 4.79 Å². The third-order valence-corrected chi connectivity index (χ3v) is 2.68. The highest BCUT2D eigenvalue weighted by molar-refractivity contribution is 5.93. The molecule has 1 aliphatic rings. The lowest BCUT2D eigenvalue weighted by Gasteiger charge is -2.22. The first kappa shape index (κ1) is 13.4. The van der Waals surface area contributed by atoms with Crippen LogP contribution in [0.3, 0.4) is 0 Å². The molecule has 0 aliphatic carbocycles. The van der Waals surface area contributed by atoms with Crippen LogP contribution in [0.2, 0.25) is 0 Å². The summed E-state index contributed by atoms with van der Waals surface area (Å²) in [6, 6.07) is 0. The highest BCUT2D eigenvalue weighted by atomic mass is 16.7. The van der Waals surface area contributed by atoms with Crippen LogP contribution in [0.5, 0.6) is 0 Å². The van der Waals surface area contributed by atoms with Crippen molar-refractivity contribution in [2.75, 3.05) is 6.61 Å². The molecule has 0 bridgehead atoms. The molecule has 3 nitrogen and oxygen atoms in total. The topological polar surface area (TPSA) is 35.5 Å². The maximum atomic E-state index is 11.4. The van der Waals surface area contributed by atoms with Gasteiger partial charge >= 0.3 is 0 Å². The number of carbonyl (C=O) groups excluding carboxylic acids is 1. The van der Waals surface area contributed by atoms with Gasteiger partial charge in [0, 0.05) is 0 Å². The van der Waals surface area contributed by atoms with Crippen molar-refractivity contribution >= 4 is 5.78 Å². The molecule has 0 radical (unpaired) electrons. The summed E-state index contributed by atoms with van der Waals surface area (Å²) in [5.74, 6) is -0.0772. The SMILES string of the molecule is CCCCCC[C@@H](C)O[C@H]1OCC=CC1=O. The molecular weight excluding hydrogens is 204 g/mol. The largest absolute Gasteiger partial charge is 0.343 e. The number of ether oxygens (including phenoxy) is 2. The van der Waals surface area contributed by atoms with E-state index in [0.717, 1.165) is 12.8 Å². The summed E-state index contributed by atoms with van der Waals surface area (Å²) < 4.78 is 10.8. The average molecular weight is 226 g/mol. The highest BCUT2D eigenvalue weighted by Crippen LogP contribution is 2.12. The van der Waals surface area contributed by atoms with Gasteiger partial charge < -0.3 is 9.47 Å². The van der Waals surface area contributed by atoms with E-state index in [1.807, 2.05) is 6.92 Å². The number of unbranched alkanes of at least 4 members (excludes halogenated alkanes) is 3. The van der Waals surface area contributed by atoms with Crippen molar-refractivity contribution in [3.05, 3.63) is 12.2 Å². The lowest BCUT2D eigenvalue weighted by atomic mass is 10.1. The zero-order chi connectivity index (χ0) is 11.8. The van der Waals surface area contributed by atoms with Crippen LogP contribution < -0.4 is 0 Å². The minimum absolute atomic E-state index is 0.0772. The Bertz CT molecular complexity index is 235. The van der Waals surface area contributed by atoms with Gasteiger partial charge in [-0.05, 0) is 19.4 Å². The Balaban J connectivity index is 2.15. The van der Waals surface area contributed by atoms with E-state index >= 15 is 0 Å². The quantitative estimate of drug-likeness (QED) is 0.626. The third kappa shape index (κ3) is 4.90. The van der Waals surface area contributed by atoms with E-state index in [4.69, 9.17) is 9.47 Å². The van der Waals surface area contributed by atoms with Gasteiger partial charge in [0.2, 0.25) is 12.1 Å². The molecule has 92 valence electrons. The standard InChI is InChI=1S/C13H22O3/c1-3-4-5-6-8-11(2)16-13-12(14)9-7-10-15-13/h7,9,11,13H,3-6,8,10H2,1-2H3/t11-,13-/m1/s1. The summed E-state index contributed by atoms with van der Waals surface area (Å²) >= 11 is 0. The van der Waals surface area contributed by atoms with Crippen molar-refractivity contribution in [3.8, 4) is 0 Å². The first-order valence-corrected chi connectivity index (χ1v) is 6.21. The fourth-order valence-corrected chi connectivity index (χ4v) is 1.71. The van der Waals surface area contributed by atoms with Crippen LogP contribution >= 0.6 is 0 Å². The summed E-state index contributed by atoms with van der Waals surface area (Å²) in [5.41, 5.74) is 0. The molecule has 1 aliphatic heterocycles. The van der Waals surface area contributed by atoms with Gasteiger partial charge in [-0.25, -0.2) is 0 Å². The normalized spacial score (nSPS) is 22.4. The molecule has 1 rings (SSSR count). The predicted molar refractivity (Wildman–Crippen MR) is 63.2 cm³/mol. The van der Waals surface area contributed by atoms with E-state index in [-0.39, 0.29) is 11.9 Å². The minimum Gasteiger partial charge on any atom is -0.343 e. The number of hydrogen-bond acceptors (Lipinski definition) is 3. The van der Waals surface area contributed by atoms with E-state index in [1.54, 1.807) is 6.08 Å². The molecule has 2 atom stereocenters. The molecular formula is C13H22O3. The van der Waals surface area contributed by atoms with Gasteiger partial charge in [0.25, 0.3) is 0 Å². The van der Waals surface area contributed by atoms with E-state index in [9.17, 15) is 4.79 Å². The third-order valence-electron chi connectivity index (χ3n) is 2.68. The highest BCUT2D eigenvalue weighted by Gasteiger charge is 2.22. The Kier molecular flexibility index (Phi) is 6.34. The zero-order valence-electron chi connectivity index (χ0n) is 10.3. The Morgan fingerprint density at radius 1 is 1.50 bits per heavy atom. The van der Waals surface area contributed by atoms with E-state index < -0.39 is 6.29 Å². The molecule has 0 saturated carbocycles. The van der Waals surface area contributed by atoms with E-state index in [0.29, 0.717) is 6.61 Å². The molecule has 1 heterocycles. The van der Waals surface area contributed by atoms with Gasteiger partial charge in [-0.1, -0.05) is 38.7 Å². The first-order valence-electron chi connectivity index (χ1n) is 6.21. The molecule has 0 unspecified atom stereocenters. The second kappa shape index (κ2) is 7.58. The first-order chi connectivity index (χ1) is 7.74. The zero-order valence-corrected chi connectivity index (χ0v) is 10.3. The number of ketones is 1. The molecule has 0 N–H and O–H groups in total. The number of hydrogen-bond donors (Lipinski definition) is 0. The monoisotopic (exact) mass is 226 g/mol. The lowest BCUT2D eigenvalue weighted by Crippen LogP contribution is -2.32. The molecule has 0 fully saturated rings. The van der Waals surface area contributed by atoms with Crippen molar-refractivity contribution in [2.24, 2.45) is 0 Å². The maximum absolute atomic E-state index is 11.4. The summed E-state index contributed by atoms with van der Waals surface area (Å²) in [7, 11) is 0. The second-order valence-corrected chi connectivity index (χ2v) is 4.27. The molecule has 0 amide bonds. The van der Waals surface area contributed by atoms with Crippen LogP contribution in [0.1, 0.15) is 46.0 Å². The Labute approximate surface area is 97.8 Å². The Morgan fingerprint density at radius 2 is 2.31 bits per heavy atom. The molecule has 0 aromatic heterocycles. The van der Waals surface area contributed by atoms with Crippen molar-refractivity contribution in [2.45, 2.75) is 58.3 Å². The molecule has 0 aromatic rings. The molecule has 16 heavy (non-hydrogen) atoms. The fourth-order valence-electron chi connectivity index (χ4n) is 1.71. The van der Waals surface area contributed by atoms with Crippen LogP contribution in [-0.2, 0) is 14.3 Å². The van der Waals surface area contributed by atoms with Crippen LogP contribution in [0.25, 0.3) is 0 Å². The van der Waals surface area contributed by atoms with E-state index in [1.165, 1.54) is 25.3 Å².